The van der Waals surface area contributed by atoms with E-state index in [1.54, 1.807) is 48.5 Å². The molecule has 3 aromatic rings. The molecule has 0 fully saturated rings. The highest BCUT2D eigenvalue weighted by molar-refractivity contribution is 6.09. The first-order chi connectivity index (χ1) is 14.5. The van der Waals surface area contributed by atoms with Crippen LogP contribution < -0.4 is 16.0 Å². The Bertz CT molecular complexity index is 1050. The SMILES string of the molecule is CC(=O)Nc1cccc(C(=O)Nc2ccccc2C(=O)NCCc2ccccc2)c1. The first-order valence-electron chi connectivity index (χ1n) is 9.63. The Hall–Kier alpha value is -3.93. The minimum Gasteiger partial charge on any atom is -0.352 e. The van der Waals surface area contributed by atoms with Crippen molar-refractivity contribution in [3.63, 3.8) is 0 Å². The second kappa shape index (κ2) is 10.0. The molecule has 3 N–H and O–H groups in total. The summed E-state index contributed by atoms with van der Waals surface area (Å²) in [6, 6.07) is 23.4. The van der Waals surface area contributed by atoms with Crippen molar-refractivity contribution in [2.45, 2.75) is 13.3 Å². The van der Waals surface area contributed by atoms with Gasteiger partial charge in [0.05, 0.1) is 11.3 Å². The maximum atomic E-state index is 12.7. The molecule has 0 radical (unpaired) electrons. The number of nitrogens with one attached hydrogen (secondary N) is 3. The van der Waals surface area contributed by atoms with Crippen LogP contribution in [0.2, 0.25) is 0 Å². The van der Waals surface area contributed by atoms with Crippen molar-refractivity contribution in [1.29, 1.82) is 0 Å². The smallest absolute Gasteiger partial charge is 0.255 e. The predicted molar refractivity (Wildman–Crippen MR) is 118 cm³/mol. The lowest BCUT2D eigenvalue weighted by atomic mass is 10.1. The normalized spacial score (nSPS) is 10.2. The molecule has 3 amide bonds. The van der Waals surface area contributed by atoms with Crippen LogP contribution in [-0.4, -0.2) is 24.3 Å². The molecule has 30 heavy (non-hydrogen) atoms. The van der Waals surface area contributed by atoms with Gasteiger partial charge >= 0.3 is 0 Å². The maximum absolute atomic E-state index is 12.7. The topological polar surface area (TPSA) is 87.3 Å². The summed E-state index contributed by atoms with van der Waals surface area (Å²) in [5.41, 5.74) is 2.85. The summed E-state index contributed by atoms with van der Waals surface area (Å²) in [6.45, 7) is 1.89. The molecule has 0 heterocycles. The van der Waals surface area contributed by atoms with Crippen LogP contribution in [0.4, 0.5) is 11.4 Å². The van der Waals surface area contributed by atoms with Gasteiger partial charge in [-0.25, -0.2) is 0 Å². The van der Waals surface area contributed by atoms with Crippen molar-refractivity contribution in [3.05, 3.63) is 95.6 Å². The molecule has 0 bridgehead atoms. The Morgan fingerprint density at radius 3 is 2.27 bits per heavy atom. The van der Waals surface area contributed by atoms with Gasteiger partial charge in [0.15, 0.2) is 0 Å². The molecule has 3 rings (SSSR count). The summed E-state index contributed by atoms with van der Waals surface area (Å²) < 4.78 is 0. The van der Waals surface area contributed by atoms with E-state index in [0.29, 0.717) is 29.0 Å². The molecule has 0 saturated carbocycles. The van der Waals surface area contributed by atoms with Crippen LogP contribution in [0.1, 0.15) is 33.2 Å². The zero-order valence-corrected chi connectivity index (χ0v) is 16.6. The van der Waals surface area contributed by atoms with E-state index in [4.69, 9.17) is 0 Å². The lowest BCUT2D eigenvalue weighted by Gasteiger charge is -2.12. The first-order valence-corrected chi connectivity index (χ1v) is 9.63. The maximum Gasteiger partial charge on any atom is 0.255 e. The quantitative estimate of drug-likeness (QED) is 0.562. The van der Waals surface area contributed by atoms with Gasteiger partial charge in [-0.1, -0.05) is 48.5 Å². The lowest BCUT2D eigenvalue weighted by molar-refractivity contribution is -0.114. The highest BCUT2D eigenvalue weighted by Gasteiger charge is 2.14. The van der Waals surface area contributed by atoms with Crippen LogP contribution in [0, 0.1) is 0 Å². The van der Waals surface area contributed by atoms with Gasteiger partial charge in [0, 0.05) is 24.7 Å². The fourth-order valence-corrected chi connectivity index (χ4v) is 2.99. The fourth-order valence-electron chi connectivity index (χ4n) is 2.99. The number of rotatable bonds is 7. The predicted octanol–water partition coefficient (Wildman–Crippen LogP) is 3.87. The van der Waals surface area contributed by atoms with Crippen LogP contribution >= 0.6 is 0 Å². The van der Waals surface area contributed by atoms with Gasteiger partial charge in [-0.05, 0) is 42.3 Å². The molecule has 6 heteroatoms. The minimum atomic E-state index is -0.369. The summed E-state index contributed by atoms with van der Waals surface area (Å²) in [5, 5.41) is 8.32. The van der Waals surface area contributed by atoms with Crippen molar-refractivity contribution >= 4 is 29.1 Å². The number of carbonyl (C=O) groups excluding carboxylic acids is 3. The van der Waals surface area contributed by atoms with Crippen molar-refractivity contribution in [3.8, 4) is 0 Å². The summed E-state index contributed by atoms with van der Waals surface area (Å²) in [5.74, 6) is -0.842. The van der Waals surface area contributed by atoms with E-state index in [1.807, 2.05) is 30.3 Å². The van der Waals surface area contributed by atoms with Crippen LogP contribution in [0.25, 0.3) is 0 Å². The van der Waals surface area contributed by atoms with Gasteiger partial charge < -0.3 is 16.0 Å². The van der Waals surface area contributed by atoms with Crippen molar-refractivity contribution in [1.82, 2.24) is 5.32 Å². The largest absolute Gasteiger partial charge is 0.352 e. The minimum absolute atomic E-state index is 0.218. The van der Waals surface area contributed by atoms with Gasteiger partial charge in [-0.2, -0.15) is 0 Å². The number of benzene rings is 3. The first kappa shape index (κ1) is 20.8. The zero-order valence-electron chi connectivity index (χ0n) is 16.6. The Morgan fingerprint density at radius 1 is 0.767 bits per heavy atom. The molecule has 0 spiro atoms. The third kappa shape index (κ3) is 5.78. The summed E-state index contributed by atoms with van der Waals surface area (Å²) in [4.78, 5) is 36.5. The summed E-state index contributed by atoms with van der Waals surface area (Å²) in [7, 11) is 0. The summed E-state index contributed by atoms with van der Waals surface area (Å²) >= 11 is 0. The lowest BCUT2D eigenvalue weighted by Crippen LogP contribution is -2.27. The third-order valence-corrected chi connectivity index (χ3v) is 4.41. The number of amides is 3. The van der Waals surface area contributed by atoms with Crippen LogP contribution in [0.15, 0.2) is 78.9 Å². The van der Waals surface area contributed by atoms with Gasteiger partial charge in [-0.15, -0.1) is 0 Å². The molecule has 0 atom stereocenters. The Kier molecular flexibility index (Phi) is 6.95. The number of hydrogen-bond acceptors (Lipinski definition) is 3. The number of carbonyl (C=O) groups is 3. The number of para-hydroxylation sites is 1. The second-order valence-electron chi connectivity index (χ2n) is 6.75. The van der Waals surface area contributed by atoms with Gasteiger partial charge in [0.25, 0.3) is 11.8 Å². The number of anilines is 2. The Labute approximate surface area is 175 Å². The Balaban J connectivity index is 1.66. The summed E-state index contributed by atoms with van der Waals surface area (Å²) in [6.07, 6.45) is 0.719. The highest BCUT2D eigenvalue weighted by atomic mass is 16.2. The molecule has 0 unspecified atom stereocenters. The van der Waals surface area contributed by atoms with Gasteiger partial charge in [0.1, 0.15) is 0 Å². The second-order valence-corrected chi connectivity index (χ2v) is 6.75. The molecule has 0 aromatic heterocycles. The van der Waals surface area contributed by atoms with Crippen LogP contribution in [0.5, 0.6) is 0 Å². The van der Waals surface area contributed by atoms with Gasteiger partial charge in [0.2, 0.25) is 5.91 Å². The monoisotopic (exact) mass is 401 g/mol. The van der Waals surface area contributed by atoms with E-state index < -0.39 is 0 Å². The molecule has 3 aromatic carbocycles. The molecular weight excluding hydrogens is 378 g/mol. The average Bonchev–Trinajstić information content (AvgIpc) is 2.74. The molecule has 6 nitrogen and oxygen atoms in total. The molecule has 0 aliphatic heterocycles. The van der Waals surface area contributed by atoms with Gasteiger partial charge in [-0.3, -0.25) is 14.4 Å². The van der Waals surface area contributed by atoms with E-state index >= 15 is 0 Å². The standard InChI is InChI=1S/C24H23N3O3/c1-17(28)26-20-11-7-10-19(16-20)23(29)27-22-13-6-5-12-21(22)24(30)25-15-14-18-8-3-2-4-9-18/h2-13,16H,14-15H2,1H3,(H,25,30)(H,26,28)(H,27,29). The molecular formula is C24H23N3O3. The fraction of sp³-hybridized carbons (Fsp3) is 0.125. The van der Waals surface area contributed by atoms with Crippen molar-refractivity contribution in [2.75, 3.05) is 17.2 Å². The van der Waals surface area contributed by atoms with Crippen LogP contribution in [-0.2, 0) is 11.2 Å². The molecule has 152 valence electrons. The van der Waals surface area contributed by atoms with E-state index in [-0.39, 0.29) is 17.7 Å². The van der Waals surface area contributed by atoms with E-state index in [0.717, 1.165) is 12.0 Å². The number of hydrogen-bond donors (Lipinski definition) is 3. The molecule has 0 aliphatic carbocycles. The zero-order chi connectivity index (χ0) is 21.3. The van der Waals surface area contributed by atoms with E-state index in [1.165, 1.54) is 6.92 Å². The highest BCUT2D eigenvalue weighted by Crippen LogP contribution is 2.18. The van der Waals surface area contributed by atoms with Crippen LogP contribution in [0.3, 0.4) is 0 Å². The molecule has 0 aliphatic rings. The van der Waals surface area contributed by atoms with E-state index in [9.17, 15) is 14.4 Å². The van der Waals surface area contributed by atoms with Crippen molar-refractivity contribution < 1.29 is 14.4 Å². The molecule has 0 saturated heterocycles. The third-order valence-electron chi connectivity index (χ3n) is 4.41. The van der Waals surface area contributed by atoms with Crippen molar-refractivity contribution in [2.24, 2.45) is 0 Å². The average molecular weight is 401 g/mol. The Morgan fingerprint density at radius 2 is 1.50 bits per heavy atom. The van der Waals surface area contributed by atoms with E-state index in [2.05, 4.69) is 16.0 Å².